The van der Waals surface area contributed by atoms with Gasteiger partial charge in [0.05, 0.1) is 12.7 Å². The van der Waals surface area contributed by atoms with Gasteiger partial charge in [0.15, 0.2) is 5.82 Å². The number of ether oxygens (including phenoxy) is 1. The van der Waals surface area contributed by atoms with Crippen LogP contribution in [0.5, 0.6) is 0 Å². The summed E-state index contributed by atoms with van der Waals surface area (Å²) in [6.45, 7) is 12.1. The van der Waals surface area contributed by atoms with Gasteiger partial charge in [-0.2, -0.15) is 0 Å². The molecule has 0 amide bonds. The highest BCUT2D eigenvalue weighted by Gasteiger charge is 2.18. The number of halogens is 1. The Hall–Kier alpha value is -1.13. The van der Waals surface area contributed by atoms with E-state index in [9.17, 15) is 0 Å². The Labute approximate surface area is 114 Å². The van der Waals surface area contributed by atoms with E-state index in [1.807, 2.05) is 20.8 Å². The zero-order chi connectivity index (χ0) is 13.5. The molecule has 18 heavy (non-hydrogen) atoms. The molecular weight excluding hydrogens is 250 g/mol. The summed E-state index contributed by atoms with van der Waals surface area (Å²) in [6.07, 6.45) is 1.81. The third-order valence-corrected chi connectivity index (χ3v) is 2.64. The second-order valence-electron chi connectivity index (χ2n) is 3.74. The van der Waals surface area contributed by atoms with E-state index in [4.69, 9.17) is 16.3 Å². The lowest BCUT2D eigenvalue weighted by atomic mass is 10.3. The van der Waals surface area contributed by atoms with Crippen LogP contribution < -0.4 is 4.90 Å². The average Bonchev–Trinajstić information content (AvgIpc) is 2.40. The van der Waals surface area contributed by atoms with Crippen molar-refractivity contribution in [2.45, 2.75) is 26.9 Å². The molecule has 0 N–H and O–H groups in total. The van der Waals surface area contributed by atoms with E-state index >= 15 is 0 Å². The fraction of sp³-hybridized carbons (Fsp3) is 0.538. The summed E-state index contributed by atoms with van der Waals surface area (Å²) in [5.41, 5.74) is 0. The molecule has 2 rings (SSSR count). The summed E-state index contributed by atoms with van der Waals surface area (Å²) in [7, 11) is 0. The van der Waals surface area contributed by atoms with E-state index in [2.05, 4.69) is 21.4 Å². The summed E-state index contributed by atoms with van der Waals surface area (Å²) >= 11 is 5.93. The van der Waals surface area contributed by atoms with Gasteiger partial charge in [0.1, 0.15) is 11.0 Å². The molecule has 0 radical (unpaired) electrons. The first kappa shape index (κ1) is 14.9. The van der Waals surface area contributed by atoms with E-state index < -0.39 is 0 Å². The van der Waals surface area contributed by atoms with E-state index in [0.29, 0.717) is 17.6 Å². The van der Waals surface area contributed by atoms with Gasteiger partial charge in [-0.25, -0.2) is 9.97 Å². The molecule has 1 unspecified atom stereocenters. The third-order valence-electron chi connectivity index (χ3n) is 2.45. The van der Waals surface area contributed by atoms with Crippen molar-refractivity contribution in [3.8, 4) is 0 Å². The van der Waals surface area contributed by atoms with Crippen molar-refractivity contribution >= 4 is 23.5 Å². The topological polar surface area (TPSA) is 38.2 Å². The van der Waals surface area contributed by atoms with Crippen molar-refractivity contribution in [2.75, 3.05) is 24.6 Å². The smallest absolute Gasteiger partial charge is 0.155 e. The Morgan fingerprint density at radius 2 is 2.22 bits per heavy atom. The third kappa shape index (κ3) is 3.96. The van der Waals surface area contributed by atoms with E-state index in [1.54, 1.807) is 12.1 Å². The number of hydrogen-bond acceptors (Lipinski definition) is 4. The zero-order valence-electron chi connectivity index (χ0n) is 11.2. The van der Waals surface area contributed by atoms with Gasteiger partial charge in [-0.1, -0.05) is 32.0 Å². The molecule has 0 bridgehead atoms. The predicted octanol–water partition coefficient (Wildman–Crippen LogP) is 3.02. The highest BCUT2D eigenvalue weighted by Crippen LogP contribution is 2.19. The molecule has 0 spiro atoms. The second kappa shape index (κ2) is 7.34. The first-order chi connectivity index (χ1) is 8.69. The van der Waals surface area contributed by atoms with Crippen LogP contribution in [0.4, 0.5) is 5.82 Å². The molecule has 5 heteroatoms. The summed E-state index contributed by atoms with van der Waals surface area (Å²) in [5, 5.41) is 0.444. The molecule has 100 valence electrons. The van der Waals surface area contributed by atoms with Gasteiger partial charge in [0.2, 0.25) is 0 Å². The number of hydrogen-bond donors (Lipinski definition) is 0. The highest BCUT2D eigenvalue weighted by atomic mass is 35.5. The Balaban J connectivity index is 0.000000771. The predicted molar refractivity (Wildman–Crippen MR) is 76.1 cm³/mol. The lowest BCUT2D eigenvalue weighted by molar-refractivity contribution is 0.0529. The first-order valence-corrected chi connectivity index (χ1v) is 6.60. The molecule has 0 saturated carbocycles. The standard InChI is InChI=1S/C11H14ClN3O.C2H6/c1-3-10-13-9(12)6-11(14-10)15-4-5-16-8(2)7-15;1-2/h3,6,8H,1,4-5,7H2,2H3;1-2H3. The van der Waals surface area contributed by atoms with Gasteiger partial charge >= 0.3 is 0 Å². The molecule has 2 heterocycles. The molecule has 1 aromatic heterocycles. The van der Waals surface area contributed by atoms with Crippen molar-refractivity contribution in [1.29, 1.82) is 0 Å². The van der Waals surface area contributed by atoms with Crippen LogP contribution in [-0.4, -0.2) is 35.8 Å². The minimum Gasteiger partial charge on any atom is -0.375 e. The fourth-order valence-corrected chi connectivity index (χ4v) is 1.89. The molecule has 1 aliphatic rings. The minimum absolute atomic E-state index is 0.217. The molecule has 1 atom stereocenters. The van der Waals surface area contributed by atoms with Gasteiger partial charge in [-0.3, -0.25) is 0 Å². The van der Waals surface area contributed by atoms with E-state index in [0.717, 1.165) is 18.9 Å². The van der Waals surface area contributed by atoms with Crippen molar-refractivity contribution in [3.63, 3.8) is 0 Å². The molecule has 1 aromatic rings. The second-order valence-corrected chi connectivity index (χ2v) is 4.13. The number of morpholine rings is 1. The van der Waals surface area contributed by atoms with Gasteiger partial charge in [-0.15, -0.1) is 0 Å². The molecule has 1 fully saturated rings. The highest BCUT2D eigenvalue weighted by molar-refractivity contribution is 6.29. The first-order valence-electron chi connectivity index (χ1n) is 6.22. The van der Waals surface area contributed by atoms with Crippen LogP contribution in [0, 0.1) is 0 Å². The van der Waals surface area contributed by atoms with Gasteiger partial charge in [0, 0.05) is 19.2 Å². The van der Waals surface area contributed by atoms with Crippen LogP contribution in [0.1, 0.15) is 26.6 Å². The fourth-order valence-electron chi connectivity index (χ4n) is 1.70. The van der Waals surface area contributed by atoms with Gasteiger partial charge in [-0.05, 0) is 13.0 Å². The van der Waals surface area contributed by atoms with Crippen molar-refractivity contribution < 1.29 is 4.74 Å². The maximum absolute atomic E-state index is 5.93. The lowest BCUT2D eigenvalue weighted by Gasteiger charge is -2.32. The Morgan fingerprint density at radius 3 is 2.83 bits per heavy atom. The number of nitrogens with zero attached hydrogens (tertiary/aromatic N) is 3. The normalized spacial score (nSPS) is 18.9. The van der Waals surface area contributed by atoms with Crippen LogP contribution in [0.25, 0.3) is 6.08 Å². The summed E-state index contributed by atoms with van der Waals surface area (Å²) in [6, 6.07) is 1.77. The minimum atomic E-state index is 0.217. The number of rotatable bonds is 2. The van der Waals surface area contributed by atoms with Crippen LogP contribution in [-0.2, 0) is 4.74 Å². The molecular formula is C13H20ClN3O. The Kier molecular flexibility index (Phi) is 6.09. The summed E-state index contributed by atoms with van der Waals surface area (Å²) < 4.78 is 5.48. The van der Waals surface area contributed by atoms with Crippen molar-refractivity contribution in [2.24, 2.45) is 0 Å². The SMILES string of the molecule is C=Cc1nc(Cl)cc(N2CCOC(C)C2)n1.CC. The Bertz CT molecular complexity index is 398. The quantitative estimate of drug-likeness (QED) is 0.774. The molecule has 1 saturated heterocycles. The molecule has 1 aliphatic heterocycles. The van der Waals surface area contributed by atoms with Gasteiger partial charge in [0.25, 0.3) is 0 Å². The number of aromatic nitrogens is 2. The molecule has 0 aromatic carbocycles. The van der Waals surface area contributed by atoms with E-state index in [1.165, 1.54) is 0 Å². The van der Waals surface area contributed by atoms with E-state index in [-0.39, 0.29) is 6.10 Å². The van der Waals surface area contributed by atoms with Crippen LogP contribution >= 0.6 is 11.6 Å². The maximum Gasteiger partial charge on any atom is 0.155 e. The monoisotopic (exact) mass is 269 g/mol. The van der Waals surface area contributed by atoms with Gasteiger partial charge < -0.3 is 9.64 Å². The zero-order valence-corrected chi connectivity index (χ0v) is 11.9. The van der Waals surface area contributed by atoms with Crippen molar-refractivity contribution in [3.05, 3.63) is 23.6 Å². The maximum atomic E-state index is 5.93. The number of anilines is 1. The van der Waals surface area contributed by atoms with Crippen LogP contribution in [0.15, 0.2) is 12.6 Å². The van der Waals surface area contributed by atoms with Crippen LogP contribution in [0.3, 0.4) is 0 Å². The van der Waals surface area contributed by atoms with Crippen molar-refractivity contribution in [1.82, 2.24) is 9.97 Å². The molecule has 0 aliphatic carbocycles. The Morgan fingerprint density at radius 1 is 1.50 bits per heavy atom. The molecule has 4 nitrogen and oxygen atoms in total. The lowest BCUT2D eigenvalue weighted by Crippen LogP contribution is -2.41. The van der Waals surface area contributed by atoms with Crippen LogP contribution in [0.2, 0.25) is 5.15 Å². The summed E-state index contributed by atoms with van der Waals surface area (Å²) in [4.78, 5) is 10.6. The average molecular weight is 270 g/mol. The summed E-state index contributed by atoms with van der Waals surface area (Å²) in [5.74, 6) is 1.40. The largest absolute Gasteiger partial charge is 0.375 e.